The molecular weight excluding hydrogens is 198 g/mol. The maximum atomic E-state index is 6.05. The quantitative estimate of drug-likeness (QED) is 0.730. The van der Waals surface area contributed by atoms with Crippen LogP contribution >= 0.6 is 11.6 Å². The predicted octanol–water partition coefficient (Wildman–Crippen LogP) is 3.08. The first-order chi connectivity index (χ1) is 6.72. The first kappa shape index (κ1) is 9.16. The van der Waals surface area contributed by atoms with Crippen molar-refractivity contribution in [3.8, 4) is 5.75 Å². The highest BCUT2D eigenvalue weighted by Gasteiger charge is 2.05. The van der Waals surface area contributed by atoms with E-state index in [9.17, 15) is 0 Å². The van der Waals surface area contributed by atoms with Gasteiger partial charge in [0.2, 0.25) is 0 Å². The van der Waals surface area contributed by atoms with E-state index in [1.54, 1.807) is 13.2 Å². The molecule has 0 aliphatic heterocycles. The molecule has 0 heterocycles. The topological polar surface area (TPSA) is 35.2 Å². The Kier molecular flexibility index (Phi) is 2.22. The number of anilines is 1. The average molecular weight is 208 g/mol. The fraction of sp³-hybridized carbons (Fsp3) is 0.0909. The summed E-state index contributed by atoms with van der Waals surface area (Å²) in [6.07, 6.45) is 0. The molecule has 2 nitrogen and oxygen atoms in total. The van der Waals surface area contributed by atoms with Crippen molar-refractivity contribution in [1.29, 1.82) is 0 Å². The lowest BCUT2D eigenvalue weighted by Crippen LogP contribution is -1.90. The van der Waals surface area contributed by atoms with Crippen molar-refractivity contribution in [3.05, 3.63) is 35.4 Å². The number of methoxy groups -OCH3 is 1. The second-order valence-electron chi connectivity index (χ2n) is 3.06. The summed E-state index contributed by atoms with van der Waals surface area (Å²) in [5.74, 6) is 0.752. The minimum atomic E-state index is 0.655. The summed E-state index contributed by atoms with van der Waals surface area (Å²) in [5.41, 5.74) is 6.39. The van der Waals surface area contributed by atoms with Gasteiger partial charge in [0.25, 0.3) is 0 Å². The van der Waals surface area contributed by atoms with Gasteiger partial charge in [-0.25, -0.2) is 0 Å². The Morgan fingerprint density at radius 3 is 2.71 bits per heavy atom. The van der Waals surface area contributed by atoms with Gasteiger partial charge in [0.05, 0.1) is 7.11 Å². The minimum absolute atomic E-state index is 0.655. The van der Waals surface area contributed by atoms with Gasteiger partial charge in [0, 0.05) is 27.5 Å². The Morgan fingerprint density at radius 2 is 2.00 bits per heavy atom. The lowest BCUT2D eigenvalue weighted by atomic mass is 10.1. The van der Waals surface area contributed by atoms with E-state index in [1.807, 2.05) is 24.3 Å². The minimum Gasteiger partial charge on any atom is -0.496 e. The summed E-state index contributed by atoms with van der Waals surface area (Å²) in [6, 6.07) is 9.32. The number of halogens is 1. The van der Waals surface area contributed by atoms with Gasteiger partial charge in [0.15, 0.2) is 0 Å². The number of fused-ring (bicyclic) bond motifs is 1. The Bertz CT molecular complexity index is 482. The molecule has 0 aliphatic rings. The molecule has 0 amide bonds. The van der Waals surface area contributed by atoms with E-state index in [4.69, 9.17) is 22.1 Å². The molecule has 14 heavy (non-hydrogen) atoms. The van der Waals surface area contributed by atoms with E-state index in [2.05, 4.69) is 0 Å². The van der Waals surface area contributed by atoms with Crippen molar-refractivity contribution in [2.45, 2.75) is 0 Å². The molecule has 0 bridgehead atoms. The van der Waals surface area contributed by atoms with Crippen molar-refractivity contribution >= 4 is 28.1 Å². The summed E-state index contributed by atoms with van der Waals surface area (Å²) in [4.78, 5) is 0. The molecule has 0 radical (unpaired) electrons. The average Bonchev–Trinajstić information content (AvgIpc) is 2.18. The monoisotopic (exact) mass is 207 g/mol. The lowest BCUT2D eigenvalue weighted by Gasteiger charge is -2.07. The normalized spacial score (nSPS) is 10.4. The van der Waals surface area contributed by atoms with Gasteiger partial charge < -0.3 is 10.5 Å². The molecule has 0 saturated carbocycles. The van der Waals surface area contributed by atoms with Crippen LogP contribution in [0.4, 0.5) is 5.69 Å². The molecule has 72 valence electrons. The van der Waals surface area contributed by atoms with Crippen molar-refractivity contribution < 1.29 is 4.74 Å². The van der Waals surface area contributed by atoms with Crippen LogP contribution in [0.15, 0.2) is 30.3 Å². The van der Waals surface area contributed by atoms with Crippen LogP contribution in [-0.2, 0) is 0 Å². The third-order valence-electron chi connectivity index (χ3n) is 2.15. The zero-order valence-electron chi connectivity index (χ0n) is 7.75. The molecule has 0 atom stereocenters. The summed E-state index contributed by atoms with van der Waals surface area (Å²) < 4.78 is 5.22. The van der Waals surface area contributed by atoms with Crippen molar-refractivity contribution in [2.75, 3.05) is 12.8 Å². The molecule has 2 N–H and O–H groups in total. The van der Waals surface area contributed by atoms with Gasteiger partial charge in [-0.15, -0.1) is 0 Å². The molecule has 2 aromatic carbocycles. The molecule has 0 fully saturated rings. The van der Waals surface area contributed by atoms with Gasteiger partial charge >= 0.3 is 0 Å². The Balaban J connectivity index is 2.87. The summed E-state index contributed by atoms with van der Waals surface area (Å²) in [7, 11) is 1.62. The molecule has 3 heteroatoms. The maximum Gasteiger partial charge on any atom is 0.128 e. The number of nitrogen functional groups attached to an aromatic ring is 1. The number of hydrogen-bond acceptors (Lipinski definition) is 2. The second kappa shape index (κ2) is 3.39. The molecule has 0 aliphatic carbocycles. The second-order valence-corrected chi connectivity index (χ2v) is 3.47. The Morgan fingerprint density at radius 1 is 1.21 bits per heavy atom. The van der Waals surface area contributed by atoms with Gasteiger partial charge in [-0.05, 0) is 12.1 Å². The zero-order chi connectivity index (χ0) is 10.1. The molecule has 0 saturated heterocycles. The Hall–Kier alpha value is -1.41. The molecule has 2 aromatic rings. The van der Waals surface area contributed by atoms with E-state index in [0.29, 0.717) is 10.7 Å². The van der Waals surface area contributed by atoms with Crippen LogP contribution in [0.2, 0.25) is 5.02 Å². The number of nitrogens with two attached hydrogens (primary N) is 1. The van der Waals surface area contributed by atoms with Crippen molar-refractivity contribution in [2.24, 2.45) is 0 Å². The molecule has 0 unspecified atom stereocenters. The summed E-state index contributed by atoms with van der Waals surface area (Å²) in [6.45, 7) is 0. The van der Waals surface area contributed by atoms with Crippen molar-refractivity contribution in [3.63, 3.8) is 0 Å². The highest BCUT2D eigenvalue weighted by molar-refractivity contribution is 6.35. The standard InChI is InChI=1S/C11H10ClNO/c1-14-11-6-7(13)5-9-8(11)3-2-4-10(9)12/h2-6H,13H2,1H3. The van der Waals surface area contributed by atoms with Crippen LogP contribution < -0.4 is 10.5 Å². The smallest absolute Gasteiger partial charge is 0.128 e. The lowest BCUT2D eigenvalue weighted by molar-refractivity contribution is 0.420. The predicted molar refractivity (Wildman–Crippen MR) is 59.9 cm³/mol. The molecule has 2 rings (SSSR count). The van der Waals surface area contributed by atoms with E-state index in [0.717, 1.165) is 16.5 Å². The molecule has 0 spiro atoms. The van der Waals surface area contributed by atoms with E-state index in [1.165, 1.54) is 0 Å². The zero-order valence-corrected chi connectivity index (χ0v) is 8.51. The summed E-state index contributed by atoms with van der Waals surface area (Å²) in [5, 5.41) is 2.59. The van der Waals surface area contributed by atoms with E-state index >= 15 is 0 Å². The fourth-order valence-corrected chi connectivity index (χ4v) is 1.73. The largest absolute Gasteiger partial charge is 0.496 e. The van der Waals surface area contributed by atoms with Crippen LogP contribution in [0.25, 0.3) is 10.8 Å². The number of ether oxygens (including phenoxy) is 1. The third kappa shape index (κ3) is 1.38. The van der Waals surface area contributed by atoms with Gasteiger partial charge in [-0.3, -0.25) is 0 Å². The van der Waals surface area contributed by atoms with Crippen LogP contribution in [0.3, 0.4) is 0 Å². The van der Waals surface area contributed by atoms with Crippen LogP contribution in [-0.4, -0.2) is 7.11 Å². The van der Waals surface area contributed by atoms with Crippen LogP contribution in [0.1, 0.15) is 0 Å². The Labute approximate surface area is 87.2 Å². The summed E-state index contributed by atoms with van der Waals surface area (Å²) >= 11 is 6.05. The van der Waals surface area contributed by atoms with Gasteiger partial charge in [-0.1, -0.05) is 23.7 Å². The highest BCUT2D eigenvalue weighted by atomic mass is 35.5. The van der Waals surface area contributed by atoms with Gasteiger partial charge in [0.1, 0.15) is 5.75 Å². The number of hydrogen-bond donors (Lipinski definition) is 1. The number of rotatable bonds is 1. The molecule has 0 aromatic heterocycles. The third-order valence-corrected chi connectivity index (χ3v) is 2.48. The fourth-order valence-electron chi connectivity index (χ4n) is 1.50. The van der Waals surface area contributed by atoms with Gasteiger partial charge in [-0.2, -0.15) is 0 Å². The molecular formula is C11H10ClNO. The first-order valence-corrected chi connectivity index (χ1v) is 4.62. The number of benzene rings is 2. The first-order valence-electron chi connectivity index (χ1n) is 4.24. The highest BCUT2D eigenvalue weighted by Crippen LogP contribution is 2.32. The maximum absolute atomic E-state index is 6.05. The van der Waals surface area contributed by atoms with Crippen LogP contribution in [0, 0.1) is 0 Å². The van der Waals surface area contributed by atoms with E-state index < -0.39 is 0 Å². The SMILES string of the molecule is COc1cc(N)cc2c(Cl)cccc12. The van der Waals surface area contributed by atoms with Crippen LogP contribution in [0.5, 0.6) is 5.75 Å². The van der Waals surface area contributed by atoms with Crippen molar-refractivity contribution in [1.82, 2.24) is 0 Å². The van der Waals surface area contributed by atoms with E-state index in [-0.39, 0.29) is 0 Å².